The topological polar surface area (TPSA) is 88.1 Å². The van der Waals surface area contributed by atoms with Crippen molar-refractivity contribution in [1.82, 2.24) is 0 Å². The maximum atomic E-state index is 14.6. The quantitative estimate of drug-likeness (QED) is 0.124. The molecule has 288 valence electrons. The molecule has 1 aromatic carbocycles. The number of fused-ring (bicyclic) bond motifs is 4. The van der Waals surface area contributed by atoms with E-state index in [1.54, 1.807) is 19.9 Å². The van der Waals surface area contributed by atoms with E-state index < -0.39 is 48.5 Å². The maximum absolute atomic E-state index is 14.6. The third-order valence-electron chi connectivity index (χ3n) is 15.6. The summed E-state index contributed by atoms with van der Waals surface area (Å²) < 4.78 is 90.5. The summed E-state index contributed by atoms with van der Waals surface area (Å²) in [5.41, 5.74) is -6.61. The van der Waals surface area contributed by atoms with Crippen molar-refractivity contribution in [2.24, 2.45) is 56.7 Å². The van der Waals surface area contributed by atoms with Gasteiger partial charge < -0.3 is 18.4 Å². The molecule has 7 nitrogen and oxygen atoms in total. The number of benzene rings is 1. The predicted molar refractivity (Wildman–Crippen MR) is 189 cm³/mol. The van der Waals surface area contributed by atoms with Gasteiger partial charge in [-0.1, -0.05) is 77.1 Å². The molecule has 4 saturated carbocycles. The Bertz CT molecular complexity index is 1770. The number of halogens is 3. The van der Waals surface area contributed by atoms with Crippen LogP contribution in [0, 0.1) is 56.7 Å². The number of esters is 1. The van der Waals surface area contributed by atoms with E-state index in [2.05, 4.69) is 34.3 Å². The van der Waals surface area contributed by atoms with Gasteiger partial charge in [-0.15, -0.1) is 0 Å². The molecule has 1 aliphatic heterocycles. The normalized spacial score (nSPS) is 43.1. The predicted octanol–water partition coefficient (Wildman–Crippen LogP) is 9.49. The Kier molecular flexibility index (Phi) is 8.62. The molecule has 6 aliphatic rings. The average molecular weight is 749 g/mol. The molecule has 0 bridgehead atoms. The molecular formula is C41H55F3O7S. The van der Waals surface area contributed by atoms with Crippen molar-refractivity contribution < 1.29 is 44.8 Å². The minimum absolute atomic E-state index is 0.00133. The summed E-state index contributed by atoms with van der Waals surface area (Å²) in [6, 6.07) is 9.75. The summed E-state index contributed by atoms with van der Waals surface area (Å²) in [7, 11) is -5.84. The summed E-state index contributed by atoms with van der Waals surface area (Å²) in [5, 5.41) is 0. The third kappa shape index (κ3) is 5.16. The summed E-state index contributed by atoms with van der Waals surface area (Å²) in [6.07, 6.45) is 5.48. The van der Waals surface area contributed by atoms with Gasteiger partial charge in [0.2, 0.25) is 0 Å². The van der Waals surface area contributed by atoms with Crippen molar-refractivity contribution in [3.05, 3.63) is 59.9 Å². The number of hydrogen-bond donors (Lipinski definition) is 0. The van der Waals surface area contributed by atoms with Gasteiger partial charge in [-0.25, -0.2) is 0 Å². The van der Waals surface area contributed by atoms with E-state index >= 15 is 0 Å². The van der Waals surface area contributed by atoms with Gasteiger partial charge in [0.05, 0.1) is 17.6 Å². The van der Waals surface area contributed by atoms with E-state index in [4.69, 9.17) is 18.4 Å². The highest BCUT2D eigenvalue weighted by atomic mass is 32.2. The van der Waals surface area contributed by atoms with Gasteiger partial charge in [0.1, 0.15) is 12.4 Å². The summed E-state index contributed by atoms with van der Waals surface area (Å²) in [4.78, 5) is 14.6. The molecule has 0 spiro atoms. The fourth-order valence-electron chi connectivity index (χ4n) is 13.3. The van der Waals surface area contributed by atoms with Gasteiger partial charge in [0.15, 0.2) is 5.79 Å². The first-order valence-corrected chi connectivity index (χ1v) is 20.3. The Labute approximate surface area is 307 Å². The largest absolute Gasteiger partial charge is 0.534 e. The van der Waals surface area contributed by atoms with E-state index in [9.17, 15) is 26.4 Å². The smallest absolute Gasteiger partial charge is 0.460 e. The fraction of sp³-hybridized carbons (Fsp3) is 0.732. The van der Waals surface area contributed by atoms with Crippen LogP contribution in [0.3, 0.4) is 0 Å². The van der Waals surface area contributed by atoms with Crippen LogP contribution in [0.25, 0.3) is 0 Å². The van der Waals surface area contributed by atoms with Gasteiger partial charge in [-0.05, 0) is 112 Å². The Morgan fingerprint density at radius 2 is 1.60 bits per heavy atom. The maximum Gasteiger partial charge on any atom is 0.534 e. The van der Waals surface area contributed by atoms with E-state index in [-0.39, 0.29) is 60.1 Å². The second kappa shape index (κ2) is 11.8. The zero-order chi connectivity index (χ0) is 38.1. The second-order valence-corrected chi connectivity index (χ2v) is 20.2. The molecule has 0 aromatic heterocycles. The molecule has 1 saturated heterocycles. The molecule has 7 rings (SSSR count). The van der Waals surface area contributed by atoms with Gasteiger partial charge in [-0.2, -0.15) is 21.6 Å². The first-order chi connectivity index (χ1) is 24.0. The van der Waals surface area contributed by atoms with E-state index in [0.717, 1.165) is 30.4 Å². The Hall–Kier alpha value is -2.37. The van der Waals surface area contributed by atoms with Crippen LogP contribution < -0.4 is 0 Å². The van der Waals surface area contributed by atoms with E-state index in [1.807, 2.05) is 44.2 Å². The van der Waals surface area contributed by atoms with Crippen molar-refractivity contribution in [1.29, 1.82) is 0 Å². The van der Waals surface area contributed by atoms with Crippen molar-refractivity contribution in [3.8, 4) is 0 Å². The first kappa shape index (κ1) is 37.9. The molecule has 1 aromatic rings. The van der Waals surface area contributed by atoms with Crippen molar-refractivity contribution in [2.45, 2.75) is 130 Å². The minimum Gasteiger partial charge on any atom is -0.460 e. The highest BCUT2D eigenvalue weighted by Gasteiger charge is 2.78. The first-order valence-electron chi connectivity index (χ1n) is 18.9. The highest BCUT2D eigenvalue weighted by molar-refractivity contribution is 7.87. The number of alkyl halides is 3. The second-order valence-electron chi connectivity index (χ2n) is 18.6. The molecule has 0 radical (unpaired) electrons. The lowest BCUT2D eigenvalue weighted by molar-refractivity contribution is -0.278. The molecule has 1 heterocycles. The number of hydrogen-bond acceptors (Lipinski definition) is 7. The number of ether oxygens (including phenoxy) is 3. The van der Waals surface area contributed by atoms with Gasteiger partial charge >= 0.3 is 21.6 Å². The molecule has 0 unspecified atom stereocenters. The van der Waals surface area contributed by atoms with Crippen LogP contribution in [0.2, 0.25) is 0 Å². The lowest BCUT2D eigenvalue weighted by atomic mass is 9.31. The van der Waals surface area contributed by atoms with Crippen LogP contribution in [0.4, 0.5) is 13.2 Å². The van der Waals surface area contributed by atoms with Gasteiger partial charge in [-0.3, -0.25) is 4.79 Å². The lowest BCUT2D eigenvalue weighted by Crippen LogP contribution is -2.73. The molecule has 52 heavy (non-hydrogen) atoms. The summed E-state index contributed by atoms with van der Waals surface area (Å²) >= 11 is 0. The highest BCUT2D eigenvalue weighted by Crippen LogP contribution is 2.79. The SMILES string of the molecule is C=C(C)[C@@H]1CC[C@]2(C(=O)OCc3ccccc3)C[C@@H]3OC(C)(C)O[C@H]4C[C@H]5C(C)(C)C(OS(=O)(=O)C(F)(F)F)=CC[C@]5(C)[C@H]5CC[C@H]([C@@H]12)[C@]3(C)[C@]45C. The van der Waals surface area contributed by atoms with Crippen LogP contribution in [0.15, 0.2) is 54.3 Å². The Morgan fingerprint density at radius 3 is 2.23 bits per heavy atom. The minimum atomic E-state index is -5.84. The van der Waals surface area contributed by atoms with Crippen LogP contribution >= 0.6 is 0 Å². The average Bonchev–Trinajstić information content (AvgIpc) is 3.41. The van der Waals surface area contributed by atoms with E-state index in [0.29, 0.717) is 25.7 Å². The van der Waals surface area contributed by atoms with Crippen molar-refractivity contribution in [2.75, 3.05) is 0 Å². The molecule has 11 heteroatoms. The standard InChI is InChI=1S/C41H55F3O7S/c1-24(2)26-17-20-40(34(45)48-23-25-13-11-10-12-14-25)22-32-38(8)27(33(26)40)15-16-28-37(7)19-18-30(51-52(46,47)41(42,43)44)35(3,4)29(37)21-31(39(28,38)9)49-36(5,6)50-32/h10-14,18,26-29,31-33H,1,15-17,19-23H2,2-9H3/t26-,27+,28+,29-,31-,32-,33+,37+,38-,39-,40-/m0/s1. The number of rotatable bonds is 6. The van der Waals surface area contributed by atoms with Crippen LogP contribution in [-0.4, -0.2) is 37.9 Å². The van der Waals surface area contributed by atoms with Gasteiger partial charge in [0, 0.05) is 16.2 Å². The van der Waals surface area contributed by atoms with Gasteiger partial charge in [0.25, 0.3) is 0 Å². The van der Waals surface area contributed by atoms with Crippen molar-refractivity contribution >= 4 is 16.1 Å². The molecular weight excluding hydrogens is 694 g/mol. The zero-order valence-electron chi connectivity index (χ0n) is 31.8. The molecule has 5 aliphatic carbocycles. The molecule has 0 N–H and O–H groups in total. The number of carbonyl (C=O) groups excluding carboxylic acids is 1. The van der Waals surface area contributed by atoms with E-state index in [1.165, 1.54) is 0 Å². The van der Waals surface area contributed by atoms with Crippen molar-refractivity contribution in [3.63, 3.8) is 0 Å². The van der Waals surface area contributed by atoms with Crippen LogP contribution in [0.5, 0.6) is 0 Å². The molecule has 0 amide bonds. The summed E-state index contributed by atoms with van der Waals surface area (Å²) in [5.74, 6) is -1.33. The molecule has 5 fully saturated rings. The van der Waals surface area contributed by atoms with Crippen LogP contribution in [0.1, 0.15) is 106 Å². The lowest BCUT2D eigenvalue weighted by Gasteiger charge is -2.73. The number of allylic oxidation sites excluding steroid dienone is 3. The molecule has 11 atom stereocenters. The summed E-state index contributed by atoms with van der Waals surface area (Å²) in [6.45, 7) is 21.1. The monoisotopic (exact) mass is 748 g/mol. The fourth-order valence-corrected chi connectivity index (χ4v) is 13.9. The Balaban J connectivity index is 1.32. The zero-order valence-corrected chi connectivity index (χ0v) is 32.6. The Morgan fingerprint density at radius 1 is 0.942 bits per heavy atom. The number of carbonyl (C=O) groups is 1. The van der Waals surface area contributed by atoms with Crippen LogP contribution in [-0.2, 0) is 39.9 Å². The third-order valence-corrected chi connectivity index (χ3v) is 16.5.